The number of aryl methyl sites for hydroxylation is 2. The molecular formula is C16H23N5O2S. The third-order valence-corrected chi connectivity index (χ3v) is 5.25. The normalized spacial score (nSPS) is 19.5. The second-order valence-electron chi connectivity index (χ2n) is 6.43. The van der Waals surface area contributed by atoms with E-state index in [2.05, 4.69) is 45.6 Å². The standard InChI is InChI=1S/C16H23N5O2S/c1-11-8-14-15(9-12(11)2)18-10-19-16(14)21-6-3-4-13(5-7-21)20-24(17,22)23/h8-10,13,20H,3-7H2,1-2H3,(H2,17,22,23). The van der Waals surface area contributed by atoms with Crippen LogP contribution in [0.4, 0.5) is 5.82 Å². The lowest BCUT2D eigenvalue weighted by Crippen LogP contribution is -2.39. The van der Waals surface area contributed by atoms with Crippen LogP contribution < -0.4 is 14.8 Å². The number of nitrogens with one attached hydrogen (secondary N) is 1. The zero-order valence-electron chi connectivity index (χ0n) is 14.0. The summed E-state index contributed by atoms with van der Waals surface area (Å²) in [6.07, 6.45) is 3.95. The van der Waals surface area contributed by atoms with Crippen molar-refractivity contribution in [3.63, 3.8) is 0 Å². The summed E-state index contributed by atoms with van der Waals surface area (Å²) < 4.78 is 25.0. The van der Waals surface area contributed by atoms with Crippen LogP contribution in [0.25, 0.3) is 10.9 Å². The first kappa shape index (κ1) is 17.1. The number of hydrogen-bond donors (Lipinski definition) is 2. The molecule has 2 aromatic rings. The first-order chi connectivity index (χ1) is 11.3. The van der Waals surface area contributed by atoms with Crippen molar-refractivity contribution in [3.05, 3.63) is 29.6 Å². The highest BCUT2D eigenvalue weighted by Gasteiger charge is 2.22. The van der Waals surface area contributed by atoms with Gasteiger partial charge < -0.3 is 4.90 Å². The molecule has 1 unspecified atom stereocenters. The van der Waals surface area contributed by atoms with Crippen LogP contribution in [0.5, 0.6) is 0 Å². The summed E-state index contributed by atoms with van der Waals surface area (Å²) in [6, 6.07) is 4.09. The predicted octanol–water partition coefficient (Wildman–Crippen LogP) is 1.40. The van der Waals surface area contributed by atoms with Gasteiger partial charge in [0.1, 0.15) is 12.1 Å². The van der Waals surface area contributed by atoms with E-state index < -0.39 is 10.2 Å². The molecule has 0 saturated carbocycles. The highest BCUT2D eigenvalue weighted by molar-refractivity contribution is 7.87. The molecule has 0 bridgehead atoms. The highest BCUT2D eigenvalue weighted by atomic mass is 32.2. The lowest BCUT2D eigenvalue weighted by atomic mass is 10.1. The third kappa shape index (κ3) is 3.82. The molecule has 0 radical (unpaired) electrons. The van der Waals surface area contributed by atoms with E-state index in [9.17, 15) is 8.42 Å². The average Bonchev–Trinajstić information content (AvgIpc) is 2.72. The molecule has 3 rings (SSSR count). The third-order valence-electron chi connectivity index (χ3n) is 4.59. The Morgan fingerprint density at radius 2 is 1.92 bits per heavy atom. The molecule has 0 aliphatic carbocycles. The van der Waals surface area contributed by atoms with E-state index in [-0.39, 0.29) is 6.04 Å². The zero-order valence-corrected chi connectivity index (χ0v) is 14.8. The van der Waals surface area contributed by atoms with Crippen molar-refractivity contribution >= 4 is 26.9 Å². The molecule has 2 heterocycles. The molecule has 1 aliphatic heterocycles. The van der Waals surface area contributed by atoms with Crippen molar-refractivity contribution in [2.45, 2.75) is 39.2 Å². The predicted molar refractivity (Wildman–Crippen MR) is 95.1 cm³/mol. The smallest absolute Gasteiger partial charge is 0.274 e. The van der Waals surface area contributed by atoms with Crippen LogP contribution in [-0.2, 0) is 10.2 Å². The van der Waals surface area contributed by atoms with Crippen molar-refractivity contribution in [2.24, 2.45) is 5.14 Å². The molecule has 1 fully saturated rings. The summed E-state index contributed by atoms with van der Waals surface area (Å²) in [7, 11) is -3.66. The maximum absolute atomic E-state index is 11.2. The summed E-state index contributed by atoms with van der Waals surface area (Å²) >= 11 is 0. The molecule has 130 valence electrons. The van der Waals surface area contributed by atoms with Crippen LogP contribution in [0.3, 0.4) is 0 Å². The number of hydrogen-bond acceptors (Lipinski definition) is 5. The van der Waals surface area contributed by atoms with Gasteiger partial charge in [-0.05, 0) is 56.4 Å². The summed E-state index contributed by atoms with van der Waals surface area (Å²) in [6.45, 7) is 5.72. The van der Waals surface area contributed by atoms with Gasteiger partial charge in [-0.1, -0.05) is 0 Å². The second-order valence-corrected chi connectivity index (χ2v) is 7.75. The first-order valence-corrected chi connectivity index (χ1v) is 9.65. The SMILES string of the molecule is Cc1cc2ncnc(N3CCCC(NS(N)(=O)=O)CC3)c2cc1C. The maximum atomic E-state index is 11.2. The Hall–Kier alpha value is -1.77. The fraction of sp³-hybridized carbons (Fsp3) is 0.500. The lowest BCUT2D eigenvalue weighted by Gasteiger charge is -2.23. The summed E-state index contributed by atoms with van der Waals surface area (Å²) in [5.74, 6) is 0.916. The first-order valence-electron chi connectivity index (χ1n) is 8.10. The fourth-order valence-corrected chi connectivity index (χ4v) is 3.91. The van der Waals surface area contributed by atoms with Crippen LogP contribution in [-0.4, -0.2) is 37.5 Å². The number of benzene rings is 1. The molecular weight excluding hydrogens is 326 g/mol. The number of nitrogens with zero attached hydrogens (tertiary/aromatic N) is 3. The number of fused-ring (bicyclic) bond motifs is 1. The Bertz CT molecular complexity index is 853. The summed E-state index contributed by atoms with van der Waals surface area (Å²) in [5, 5.41) is 6.14. The Morgan fingerprint density at radius 1 is 1.17 bits per heavy atom. The highest BCUT2D eigenvalue weighted by Crippen LogP contribution is 2.27. The minimum Gasteiger partial charge on any atom is -0.356 e. The molecule has 1 atom stereocenters. The molecule has 1 aromatic heterocycles. The average molecular weight is 349 g/mol. The van der Waals surface area contributed by atoms with Gasteiger partial charge in [0, 0.05) is 24.5 Å². The van der Waals surface area contributed by atoms with E-state index in [0.29, 0.717) is 6.42 Å². The van der Waals surface area contributed by atoms with Crippen molar-refractivity contribution in [3.8, 4) is 0 Å². The largest absolute Gasteiger partial charge is 0.356 e. The molecule has 1 aliphatic rings. The van der Waals surface area contributed by atoms with E-state index in [1.807, 2.05) is 0 Å². The minimum atomic E-state index is -3.66. The fourth-order valence-electron chi connectivity index (χ4n) is 3.21. The van der Waals surface area contributed by atoms with E-state index in [0.717, 1.165) is 42.7 Å². The monoisotopic (exact) mass is 349 g/mol. The van der Waals surface area contributed by atoms with Crippen LogP contribution in [0, 0.1) is 13.8 Å². The molecule has 0 amide bonds. The molecule has 0 spiro atoms. The molecule has 1 saturated heterocycles. The molecule has 7 nitrogen and oxygen atoms in total. The number of rotatable bonds is 3. The van der Waals surface area contributed by atoms with E-state index in [1.165, 1.54) is 11.1 Å². The Balaban J connectivity index is 1.87. The van der Waals surface area contributed by atoms with Gasteiger partial charge in [-0.15, -0.1) is 0 Å². The van der Waals surface area contributed by atoms with Gasteiger partial charge in [0.05, 0.1) is 5.52 Å². The van der Waals surface area contributed by atoms with Gasteiger partial charge in [-0.3, -0.25) is 0 Å². The number of anilines is 1. The van der Waals surface area contributed by atoms with Gasteiger partial charge in [-0.25, -0.2) is 15.1 Å². The molecule has 1 aromatic carbocycles. The number of aromatic nitrogens is 2. The van der Waals surface area contributed by atoms with Crippen LogP contribution in [0.2, 0.25) is 0 Å². The Morgan fingerprint density at radius 3 is 2.67 bits per heavy atom. The molecule has 3 N–H and O–H groups in total. The maximum Gasteiger partial charge on any atom is 0.274 e. The van der Waals surface area contributed by atoms with E-state index in [1.54, 1.807) is 6.33 Å². The van der Waals surface area contributed by atoms with E-state index >= 15 is 0 Å². The van der Waals surface area contributed by atoms with Crippen molar-refractivity contribution in [1.29, 1.82) is 0 Å². The summed E-state index contributed by atoms with van der Waals surface area (Å²) in [5.41, 5.74) is 3.36. The van der Waals surface area contributed by atoms with Gasteiger partial charge >= 0.3 is 0 Å². The minimum absolute atomic E-state index is 0.123. The zero-order chi connectivity index (χ0) is 17.3. The lowest BCUT2D eigenvalue weighted by molar-refractivity contribution is 0.520. The van der Waals surface area contributed by atoms with Crippen molar-refractivity contribution < 1.29 is 8.42 Å². The Kier molecular flexibility index (Phi) is 4.71. The van der Waals surface area contributed by atoms with Gasteiger partial charge in [0.2, 0.25) is 0 Å². The summed E-state index contributed by atoms with van der Waals surface area (Å²) in [4.78, 5) is 11.1. The van der Waals surface area contributed by atoms with E-state index in [4.69, 9.17) is 5.14 Å². The topological polar surface area (TPSA) is 101 Å². The van der Waals surface area contributed by atoms with Gasteiger partial charge in [0.25, 0.3) is 10.2 Å². The van der Waals surface area contributed by atoms with Gasteiger partial charge in [0.15, 0.2) is 0 Å². The molecule has 24 heavy (non-hydrogen) atoms. The second kappa shape index (κ2) is 6.62. The molecule has 8 heteroatoms. The van der Waals surface area contributed by atoms with Crippen molar-refractivity contribution in [2.75, 3.05) is 18.0 Å². The quantitative estimate of drug-likeness (QED) is 0.872. The number of nitrogens with two attached hydrogens (primary N) is 1. The van der Waals surface area contributed by atoms with Crippen molar-refractivity contribution in [1.82, 2.24) is 14.7 Å². The van der Waals surface area contributed by atoms with Crippen LogP contribution in [0.15, 0.2) is 18.5 Å². The Labute approximate surface area is 142 Å². The van der Waals surface area contributed by atoms with Crippen LogP contribution in [0.1, 0.15) is 30.4 Å². The van der Waals surface area contributed by atoms with Gasteiger partial charge in [-0.2, -0.15) is 13.1 Å². The van der Waals surface area contributed by atoms with Crippen LogP contribution >= 0.6 is 0 Å².